The van der Waals surface area contributed by atoms with Crippen LogP contribution in [0.15, 0.2) is 18.2 Å². The second-order valence-electron chi connectivity index (χ2n) is 5.27. The Morgan fingerprint density at radius 3 is 2.84 bits per heavy atom. The second kappa shape index (κ2) is 6.04. The first-order chi connectivity index (χ1) is 9.10. The van der Waals surface area contributed by atoms with Gasteiger partial charge >= 0.3 is 0 Å². The number of hydrogen-bond donors (Lipinski definition) is 1. The highest BCUT2D eigenvalue weighted by atomic mass is 19.1. The van der Waals surface area contributed by atoms with E-state index in [4.69, 9.17) is 5.73 Å². The van der Waals surface area contributed by atoms with E-state index < -0.39 is 5.82 Å². The molecule has 1 aromatic rings. The van der Waals surface area contributed by atoms with E-state index in [-0.39, 0.29) is 5.91 Å². The second-order valence-corrected chi connectivity index (χ2v) is 5.27. The average Bonchev–Trinajstić information content (AvgIpc) is 2.61. The summed E-state index contributed by atoms with van der Waals surface area (Å²) in [7, 11) is 0. The van der Waals surface area contributed by atoms with Crippen LogP contribution in [0.4, 0.5) is 10.1 Å². The van der Waals surface area contributed by atoms with E-state index in [9.17, 15) is 9.18 Å². The first-order valence-electron chi connectivity index (χ1n) is 6.95. The zero-order valence-corrected chi connectivity index (χ0v) is 11.4. The van der Waals surface area contributed by atoms with Gasteiger partial charge in [-0.2, -0.15) is 0 Å². The first-order valence-corrected chi connectivity index (χ1v) is 6.95. The number of benzene rings is 1. The summed E-state index contributed by atoms with van der Waals surface area (Å²) in [4.78, 5) is 14.2. The van der Waals surface area contributed by atoms with E-state index >= 15 is 0 Å². The Bertz CT molecular complexity index is 441. The van der Waals surface area contributed by atoms with Crippen LogP contribution in [0.5, 0.6) is 0 Å². The van der Waals surface area contributed by atoms with Gasteiger partial charge in [-0.05, 0) is 43.4 Å². The molecule has 0 spiro atoms. The molecule has 0 saturated carbocycles. The number of rotatable bonds is 2. The summed E-state index contributed by atoms with van der Waals surface area (Å²) in [6, 6.07) is 4.04. The zero-order valence-electron chi connectivity index (χ0n) is 11.4. The van der Waals surface area contributed by atoms with Gasteiger partial charge in [0.15, 0.2) is 0 Å². The van der Waals surface area contributed by atoms with Crippen LogP contribution in [0, 0.1) is 11.7 Å². The van der Waals surface area contributed by atoms with Crippen molar-refractivity contribution in [2.75, 3.05) is 18.8 Å². The van der Waals surface area contributed by atoms with Gasteiger partial charge in [-0.1, -0.05) is 13.3 Å². The van der Waals surface area contributed by atoms with E-state index in [0.29, 0.717) is 17.2 Å². The molecule has 19 heavy (non-hydrogen) atoms. The fraction of sp³-hybridized carbons (Fsp3) is 0.533. The van der Waals surface area contributed by atoms with Crippen LogP contribution in [0.2, 0.25) is 0 Å². The normalized spacial score (nSPS) is 20.1. The van der Waals surface area contributed by atoms with Crippen molar-refractivity contribution in [3.05, 3.63) is 29.6 Å². The summed E-state index contributed by atoms with van der Waals surface area (Å²) in [5.41, 5.74) is 6.24. The number of halogens is 1. The Labute approximate surface area is 113 Å². The molecular formula is C15H21FN2O. The van der Waals surface area contributed by atoms with E-state index in [1.807, 2.05) is 4.90 Å². The van der Waals surface area contributed by atoms with Crippen LogP contribution in [0.1, 0.15) is 43.0 Å². The maximum absolute atomic E-state index is 13.3. The van der Waals surface area contributed by atoms with Gasteiger partial charge < -0.3 is 10.6 Å². The van der Waals surface area contributed by atoms with Crippen molar-refractivity contribution in [1.29, 1.82) is 0 Å². The van der Waals surface area contributed by atoms with Crippen LogP contribution >= 0.6 is 0 Å². The van der Waals surface area contributed by atoms with E-state index in [1.54, 1.807) is 6.07 Å². The Morgan fingerprint density at radius 2 is 2.16 bits per heavy atom. The van der Waals surface area contributed by atoms with Gasteiger partial charge in [-0.3, -0.25) is 4.79 Å². The van der Waals surface area contributed by atoms with E-state index in [0.717, 1.165) is 32.4 Å². The molecule has 1 heterocycles. The monoisotopic (exact) mass is 264 g/mol. The lowest BCUT2D eigenvalue weighted by Gasteiger charge is -2.21. The molecule has 1 atom stereocenters. The minimum atomic E-state index is -0.454. The molecule has 104 valence electrons. The number of hydrogen-bond acceptors (Lipinski definition) is 2. The maximum Gasteiger partial charge on any atom is 0.254 e. The van der Waals surface area contributed by atoms with Crippen LogP contribution in [-0.2, 0) is 0 Å². The van der Waals surface area contributed by atoms with Gasteiger partial charge in [-0.25, -0.2) is 4.39 Å². The molecule has 1 amide bonds. The molecule has 0 bridgehead atoms. The molecule has 1 saturated heterocycles. The fourth-order valence-corrected chi connectivity index (χ4v) is 2.70. The van der Waals surface area contributed by atoms with Gasteiger partial charge in [0.25, 0.3) is 5.91 Å². The highest BCUT2D eigenvalue weighted by Crippen LogP contribution is 2.22. The number of carbonyl (C=O) groups excluding carboxylic acids is 1. The van der Waals surface area contributed by atoms with Crippen LogP contribution in [0.3, 0.4) is 0 Å². The average molecular weight is 264 g/mol. The Kier molecular flexibility index (Phi) is 4.40. The molecule has 1 unspecified atom stereocenters. The van der Waals surface area contributed by atoms with E-state index in [2.05, 4.69) is 6.92 Å². The molecule has 1 aliphatic heterocycles. The molecule has 1 fully saturated rings. The molecular weight excluding hydrogens is 243 g/mol. The van der Waals surface area contributed by atoms with Gasteiger partial charge in [0.2, 0.25) is 0 Å². The number of amides is 1. The highest BCUT2D eigenvalue weighted by Gasteiger charge is 2.21. The summed E-state index contributed by atoms with van der Waals surface area (Å²) in [5.74, 6) is 0.142. The molecule has 3 nitrogen and oxygen atoms in total. The van der Waals surface area contributed by atoms with Crippen LogP contribution in [0.25, 0.3) is 0 Å². The third-order valence-corrected chi connectivity index (χ3v) is 3.88. The van der Waals surface area contributed by atoms with Gasteiger partial charge in [0.05, 0.1) is 0 Å². The Hall–Kier alpha value is -1.58. The van der Waals surface area contributed by atoms with E-state index in [1.165, 1.54) is 18.6 Å². The number of nitrogens with zero attached hydrogens (tertiary/aromatic N) is 1. The molecule has 1 aliphatic rings. The van der Waals surface area contributed by atoms with Gasteiger partial charge in [0.1, 0.15) is 5.82 Å². The van der Waals surface area contributed by atoms with Gasteiger partial charge in [0, 0.05) is 24.3 Å². The molecule has 1 aromatic carbocycles. The summed E-state index contributed by atoms with van der Waals surface area (Å²) in [5, 5.41) is 0. The molecule has 4 heteroatoms. The number of carbonyl (C=O) groups is 1. The SMILES string of the molecule is CCC1CCCN(C(=O)c2cc(N)cc(F)c2)CC1. The van der Waals surface area contributed by atoms with Crippen molar-refractivity contribution in [2.24, 2.45) is 5.92 Å². The van der Waals surface area contributed by atoms with Crippen molar-refractivity contribution in [2.45, 2.75) is 32.6 Å². The standard InChI is InChI=1S/C15H21FN2O/c1-2-11-4-3-6-18(7-5-11)15(19)12-8-13(16)10-14(17)9-12/h8-11H,2-7,17H2,1H3. The van der Waals surface area contributed by atoms with Crippen molar-refractivity contribution in [3.8, 4) is 0 Å². The number of nitrogens with two attached hydrogens (primary N) is 1. The highest BCUT2D eigenvalue weighted by molar-refractivity contribution is 5.95. The summed E-state index contributed by atoms with van der Waals surface area (Å²) in [6.07, 6.45) is 4.39. The van der Waals surface area contributed by atoms with Crippen LogP contribution in [-0.4, -0.2) is 23.9 Å². The Balaban J connectivity index is 2.10. The number of anilines is 1. The molecule has 0 radical (unpaired) electrons. The maximum atomic E-state index is 13.3. The Morgan fingerprint density at radius 1 is 1.37 bits per heavy atom. The first kappa shape index (κ1) is 13.8. The molecule has 2 N–H and O–H groups in total. The third kappa shape index (κ3) is 3.46. The van der Waals surface area contributed by atoms with Crippen molar-refractivity contribution >= 4 is 11.6 Å². The van der Waals surface area contributed by atoms with Crippen molar-refractivity contribution < 1.29 is 9.18 Å². The lowest BCUT2D eigenvalue weighted by Crippen LogP contribution is -2.32. The third-order valence-electron chi connectivity index (χ3n) is 3.88. The number of likely N-dealkylation sites (tertiary alicyclic amines) is 1. The molecule has 0 aromatic heterocycles. The lowest BCUT2D eigenvalue weighted by molar-refractivity contribution is 0.0759. The smallest absolute Gasteiger partial charge is 0.254 e. The molecule has 2 rings (SSSR count). The quantitative estimate of drug-likeness (QED) is 0.834. The largest absolute Gasteiger partial charge is 0.399 e. The minimum Gasteiger partial charge on any atom is -0.399 e. The van der Waals surface area contributed by atoms with Crippen molar-refractivity contribution in [3.63, 3.8) is 0 Å². The number of nitrogen functional groups attached to an aromatic ring is 1. The summed E-state index contributed by atoms with van der Waals surface area (Å²) in [6.45, 7) is 3.70. The lowest BCUT2D eigenvalue weighted by atomic mass is 9.98. The summed E-state index contributed by atoms with van der Waals surface area (Å²) < 4.78 is 13.3. The zero-order chi connectivity index (χ0) is 13.8. The fourth-order valence-electron chi connectivity index (χ4n) is 2.70. The van der Waals surface area contributed by atoms with Gasteiger partial charge in [-0.15, -0.1) is 0 Å². The topological polar surface area (TPSA) is 46.3 Å². The summed E-state index contributed by atoms with van der Waals surface area (Å²) >= 11 is 0. The van der Waals surface area contributed by atoms with Crippen molar-refractivity contribution in [1.82, 2.24) is 4.90 Å². The molecule has 0 aliphatic carbocycles. The minimum absolute atomic E-state index is 0.108. The predicted molar refractivity (Wildman–Crippen MR) is 74.3 cm³/mol. The predicted octanol–water partition coefficient (Wildman–Crippen LogP) is 3.06. The van der Waals surface area contributed by atoms with Crippen LogP contribution < -0.4 is 5.73 Å².